The van der Waals surface area contributed by atoms with Gasteiger partial charge in [-0.15, -0.1) is 0 Å². The van der Waals surface area contributed by atoms with Gasteiger partial charge in [-0.3, -0.25) is 8.51 Å². The highest BCUT2D eigenvalue weighted by Crippen LogP contribution is 2.36. The molecule has 2 heterocycles. The maximum Gasteiger partial charge on any atom is 0.203 e. The highest BCUT2D eigenvalue weighted by atomic mass is 32.3. The molecule has 0 amide bonds. The summed E-state index contributed by atoms with van der Waals surface area (Å²) in [4.78, 5) is 4.58. The van der Waals surface area contributed by atoms with Crippen molar-refractivity contribution in [3.8, 4) is 17.9 Å². The highest BCUT2D eigenvalue weighted by Gasteiger charge is 2.43. The van der Waals surface area contributed by atoms with E-state index in [0.717, 1.165) is 18.4 Å². The molecular formula is C23H24FN5OS. The monoisotopic (exact) mass is 437 g/mol. The van der Waals surface area contributed by atoms with Crippen LogP contribution in [0.5, 0.6) is 0 Å². The largest absolute Gasteiger partial charge is 0.369 e. The van der Waals surface area contributed by atoms with Crippen LogP contribution in [0.2, 0.25) is 0 Å². The van der Waals surface area contributed by atoms with E-state index in [1.807, 2.05) is 0 Å². The van der Waals surface area contributed by atoms with Gasteiger partial charge in [0.15, 0.2) is 0 Å². The highest BCUT2D eigenvalue weighted by molar-refractivity contribution is 7.99. The second-order valence-electron chi connectivity index (χ2n) is 7.98. The Morgan fingerprint density at radius 1 is 1.16 bits per heavy atom. The number of nitriles is 1. The van der Waals surface area contributed by atoms with Gasteiger partial charge >= 0.3 is 0 Å². The first kappa shape index (κ1) is 21.0. The fourth-order valence-corrected chi connectivity index (χ4v) is 6.88. The predicted octanol–water partition coefficient (Wildman–Crippen LogP) is 2.17. The van der Waals surface area contributed by atoms with Gasteiger partial charge in [0.1, 0.15) is 11.4 Å². The Morgan fingerprint density at radius 3 is 2.58 bits per heavy atom. The van der Waals surface area contributed by atoms with Gasteiger partial charge in [-0.2, -0.15) is 5.26 Å². The van der Waals surface area contributed by atoms with E-state index in [0.29, 0.717) is 29.8 Å². The first-order valence-corrected chi connectivity index (χ1v) is 12.0. The molecule has 6 nitrogen and oxygen atoms in total. The molecule has 1 fully saturated rings. The summed E-state index contributed by atoms with van der Waals surface area (Å²) in [5.41, 5.74) is 7.38. The van der Waals surface area contributed by atoms with E-state index in [-0.39, 0.29) is 11.7 Å². The molecule has 0 spiro atoms. The molecule has 1 atom stereocenters. The van der Waals surface area contributed by atoms with Gasteiger partial charge < -0.3 is 5.73 Å². The number of halogens is 1. The van der Waals surface area contributed by atoms with Crippen molar-refractivity contribution in [3.05, 3.63) is 70.5 Å². The summed E-state index contributed by atoms with van der Waals surface area (Å²) in [6.45, 7) is 2.98. The Morgan fingerprint density at radius 2 is 1.84 bits per heavy atom. The minimum absolute atomic E-state index is 0.157. The Labute approximate surface area is 182 Å². The minimum atomic E-state index is -3.01. The van der Waals surface area contributed by atoms with Crippen LogP contribution >= 0.6 is 0 Å². The third-order valence-electron chi connectivity index (χ3n) is 5.61. The lowest BCUT2D eigenvalue weighted by atomic mass is 9.92. The number of rotatable bonds is 1. The first-order chi connectivity index (χ1) is 14.8. The van der Waals surface area contributed by atoms with Crippen molar-refractivity contribution in [1.29, 1.82) is 5.26 Å². The molecule has 0 unspecified atom stereocenters. The fourth-order valence-electron chi connectivity index (χ4n) is 4.01. The molecule has 0 bridgehead atoms. The molecule has 160 valence electrons. The van der Waals surface area contributed by atoms with E-state index >= 15 is 0 Å². The minimum Gasteiger partial charge on any atom is -0.369 e. The number of hydrogen-bond acceptors (Lipinski definition) is 4. The zero-order chi connectivity index (χ0) is 22.1. The van der Waals surface area contributed by atoms with Crippen molar-refractivity contribution < 1.29 is 8.60 Å². The zero-order valence-electron chi connectivity index (χ0n) is 17.2. The molecule has 0 saturated carbocycles. The number of fused-ring (bicyclic) bond motifs is 1. The molecule has 0 radical (unpaired) electrons. The van der Waals surface area contributed by atoms with Gasteiger partial charge in [0.2, 0.25) is 5.96 Å². The van der Waals surface area contributed by atoms with Crippen molar-refractivity contribution in [1.82, 2.24) is 9.03 Å². The Hall–Kier alpha value is -3.20. The molecule has 3 N–H and O–H groups in total. The van der Waals surface area contributed by atoms with E-state index in [1.165, 1.54) is 6.07 Å². The SMILES string of the molecule is C[C@@]1(c2cc(C#Cc3ccc(C#N)cc3)ccc2F)C[SH]2(=O)NCCCCN2C(N)=N1. The molecule has 2 aromatic carbocycles. The zero-order valence-corrected chi connectivity index (χ0v) is 18.1. The smallest absolute Gasteiger partial charge is 0.203 e. The van der Waals surface area contributed by atoms with Crippen LogP contribution < -0.4 is 10.5 Å². The summed E-state index contributed by atoms with van der Waals surface area (Å²) >= 11 is 0. The Kier molecular flexibility index (Phi) is 5.53. The molecule has 0 aromatic heterocycles. The third-order valence-corrected chi connectivity index (χ3v) is 8.55. The molecule has 4 rings (SSSR count). The van der Waals surface area contributed by atoms with Crippen LogP contribution in [0.25, 0.3) is 0 Å². The van der Waals surface area contributed by atoms with Crippen LogP contribution in [-0.4, -0.2) is 33.3 Å². The van der Waals surface area contributed by atoms with E-state index < -0.39 is 21.7 Å². The van der Waals surface area contributed by atoms with Crippen molar-refractivity contribution in [2.75, 3.05) is 18.8 Å². The van der Waals surface area contributed by atoms with E-state index in [4.69, 9.17) is 11.0 Å². The van der Waals surface area contributed by atoms with Gasteiger partial charge in [0.05, 0.1) is 17.4 Å². The summed E-state index contributed by atoms with van der Waals surface area (Å²) in [7, 11) is -3.01. The lowest BCUT2D eigenvalue weighted by Gasteiger charge is -2.45. The van der Waals surface area contributed by atoms with Gasteiger partial charge in [-0.05, 0) is 62.2 Å². The van der Waals surface area contributed by atoms with Crippen molar-refractivity contribution in [3.63, 3.8) is 0 Å². The van der Waals surface area contributed by atoms with Crippen LogP contribution in [0.4, 0.5) is 4.39 Å². The molecule has 2 aliphatic heterocycles. The van der Waals surface area contributed by atoms with Gasteiger partial charge in [-0.25, -0.2) is 14.1 Å². The van der Waals surface area contributed by atoms with Crippen molar-refractivity contribution in [2.45, 2.75) is 25.3 Å². The van der Waals surface area contributed by atoms with Gasteiger partial charge in [-0.1, -0.05) is 11.8 Å². The summed E-state index contributed by atoms with van der Waals surface area (Å²) in [6.07, 6.45) is 1.78. The molecule has 0 aliphatic carbocycles. The summed E-state index contributed by atoms with van der Waals surface area (Å²) in [5, 5.41) is 8.90. The van der Waals surface area contributed by atoms with E-state index in [2.05, 4.69) is 27.6 Å². The Balaban J connectivity index is 1.70. The molecule has 1 saturated heterocycles. The standard InChI is InChI=1S/C23H24FN5OS/c1-23(16-31(30)27-12-2-3-13-29(31)22(26)28-23)20-14-18(10-11-21(20)24)7-4-17-5-8-19(15-25)9-6-17/h5-6,8-11,14,31H,2-3,12-13,16H2,1H3,(H2,26,28)(H,27,30)/t23-/m0/s1. The molecule has 31 heavy (non-hydrogen) atoms. The topological polar surface area (TPSA) is 94.5 Å². The van der Waals surface area contributed by atoms with Crippen molar-refractivity contribution >= 4 is 16.3 Å². The number of nitrogens with two attached hydrogens (primary N) is 1. The number of nitrogens with zero attached hydrogens (tertiary/aromatic N) is 3. The maximum atomic E-state index is 14.9. The Bertz CT molecular complexity index is 1190. The number of thiol groups is 1. The van der Waals surface area contributed by atoms with Crippen LogP contribution in [0.3, 0.4) is 0 Å². The second kappa shape index (κ2) is 8.14. The molecule has 2 aromatic rings. The summed E-state index contributed by atoms with van der Waals surface area (Å²) in [5.74, 6) is 5.97. The first-order valence-electron chi connectivity index (χ1n) is 10.1. The summed E-state index contributed by atoms with van der Waals surface area (Å²) < 4.78 is 33.4. The predicted molar refractivity (Wildman–Crippen MR) is 121 cm³/mol. The molecular weight excluding hydrogens is 413 g/mol. The number of aliphatic imine (C=N–C) groups is 1. The van der Waals surface area contributed by atoms with Crippen LogP contribution in [-0.2, 0) is 15.8 Å². The van der Waals surface area contributed by atoms with Crippen LogP contribution in [0.1, 0.15) is 42.0 Å². The molecule has 2 aliphatic rings. The average molecular weight is 438 g/mol. The normalized spacial score (nSPS) is 23.3. The number of guanidine groups is 1. The molecule has 8 heteroatoms. The number of hydrogen-bond donors (Lipinski definition) is 3. The maximum absolute atomic E-state index is 14.9. The lowest BCUT2D eigenvalue weighted by molar-refractivity contribution is 0.459. The van der Waals surface area contributed by atoms with Crippen molar-refractivity contribution in [2.24, 2.45) is 10.7 Å². The van der Waals surface area contributed by atoms with Gasteiger partial charge in [0, 0.05) is 40.1 Å². The quantitative estimate of drug-likeness (QED) is 0.471. The second-order valence-corrected chi connectivity index (χ2v) is 10.5. The third kappa shape index (κ3) is 4.18. The lowest BCUT2D eigenvalue weighted by Crippen LogP contribution is -2.60. The average Bonchev–Trinajstić information content (AvgIpc) is 2.94. The van der Waals surface area contributed by atoms with Crippen LogP contribution in [0.15, 0.2) is 47.5 Å². The fraction of sp³-hybridized carbons (Fsp3) is 0.304. The van der Waals surface area contributed by atoms with Crippen LogP contribution in [0, 0.1) is 29.0 Å². The number of nitrogens with one attached hydrogen (secondary N) is 1. The van der Waals surface area contributed by atoms with E-state index in [9.17, 15) is 8.60 Å². The van der Waals surface area contributed by atoms with Gasteiger partial charge in [0.25, 0.3) is 0 Å². The summed E-state index contributed by atoms with van der Waals surface area (Å²) in [6, 6.07) is 13.6. The number of benzene rings is 2. The van der Waals surface area contributed by atoms with E-state index in [1.54, 1.807) is 47.6 Å².